The van der Waals surface area contributed by atoms with Gasteiger partial charge < -0.3 is 0 Å². The van der Waals surface area contributed by atoms with E-state index in [2.05, 4.69) is 14.9 Å². The Labute approximate surface area is 117 Å². The summed E-state index contributed by atoms with van der Waals surface area (Å²) in [7, 11) is -3.64. The van der Waals surface area contributed by atoms with E-state index in [1.54, 1.807) is 6.92 Å². The first-order valence-electron chi connectivity index (χ1n) is 5.68. The van der Waals surface area contributed by atoms with Crippen molar-refractivity contribution in [2.75, 3.05) is 5.88 Å². The van der Waals surface area contributed by atoms with Crippen LogP contribution in [0.3, 0.4) is 0 Å². The molecule has 2 aromatic rings. The third-order valence-electron chi connectivity index (χ3n) is 2.73. The number of aromatic amines is 1. The van der Waals surface area contributed by atoms with Gasteiger partial charge in [-0.05, 0) is 12.5 Å². The lowest BCUT2D eigenvalue weighted by molar-refractivity contribution is 0.567. The highest BCUT2D eigenvalue weighted by Crippen LogP contribution is 2.19. The molecule has 0 amide bonds. The molecule has 1 unspecified atom stereocenters. The molecule has 0 saturated heterocycles. The highest BCUT2D eigenvalue weighted by molar-refractivity contribution is 7.89. The van der Waals surface area contributed by atoms with Crippen LogP contribution in [0.25, 0.3) is 0 Å². The number of aromatic nitrogens is 2. The number of benzene rings is 1. The Balaban J connectivity index is 2.27. The van der Waals surface area contributed by atoms with Crippen molar-refractivity contribution < 1.29 is 8.42 Å². The molecule has 0 bridgehead atoms. The van der Waals surface area contributed by atoms with Crippen LogP contribution in [0.1, 0.15) is 17.3 Å². The Morgan fingerprint density at radius 1 is 1.37 bits per heavy atom. The first-order chi connectivity index (χ1) is 9.04. The monoisotopic (exact) mass is 299 g/mol. The van der Waals surface area contributed by atoms with Crippen LogP contribution < -0.4 is 4.72 Å². The maximum Gasteiger partial charge on any atom is 0.244 e. The van der Waals surface area contributed by atoms with Crippen molar-refractivity contribution in [3.05, 3.63) is 47.8 Å². The fraction of sp³-hybridized carbons (Fsp3) is 0.250. The van der Waals surface area contributed by atoms with E-state index in [1.807, 2.05) is 30.3 Å². The summed E-state index contributed by atoms with van der Waals surface area (Å²) < 4.78 is 27.0. The average molecular weight is 300 g/mol. The van der Waals surface area contributed by atoms with E-state index in [0.717, 1.165) is 5.56 Å². The van der Waals surface area contributed by atoms with Gasteiger partial charge in [0.2, 0.25) is 10.0 Å². The third-order valence-corrected chi connectivity index (χ3v) is 4.62. The molecule has 0 aliphatic carbocycles. The summed E-state index contributed by atoms with van der Waals surface area (Å²) >= 11 is 5.86. The summed E-state index contributed by atoms with van der Waals surface area (Å²) in [4.78, 5) is 0.138. The lowest BCUT2D eigenvalue weighted by Gasteiger charge is -2.16. The van der Waals surface area contributed by atoms with Crippen LogP contribution in [0.4, 0.5) is 0 Å². The maximum atomic E-state index is 12.2. The van der Waals surface area contributed by atoms with Gasteiger partial charge >= 0.3 is 0 Å². The highest BCUT2D eigenvalue weighted by Gasteiger charge is 2.23. The van der Waals surface area contributed by atoms with Crippen molar-refractivity contribution in [2.45, 2.75) is 17.9 Å². The number of rotatable bonds is 5. The van der Waals surface area contributed by atoms with E-state index in [4.69, 9.17) is 11.6 Å². The van der Waals surface area contributed by atoms with Gasteiger partial charge in [-0.1, -0.05) is 30.3 Å². The van der Waals surface area contributed by atoms with Crippen molar-refractivity contribution in [3.63, 3.8) is 0 Å². The molecule has 1 aromatic carbocycles. The van der Waals surface area contributed by atoms with Gasteiger partial charge in [0, 0.05) is 5.88 Å². The van der Waals surface area contributed by atoms with E-state index in [9.17, 15) is 8.42 Å². The Morgan fingerprint density at radius 3 is 2.58 bits per heavy atom. The normalized spacial score (nSPS) is 13.4. The number of hydrogen-bond donors (Lipinski definition) is 2. The van der Waals surface area contributed by atoms with Crippen LogP contribution in [0.15, 0.2) is 41.4 Å². The fourth-order valence-electron chi connectivity index (χ4n) is 1.74. The number of hydrogen-bond acceptors (Lipinski definition) is 3. The topological polar surface area (TPSA) is 74.8 Å². The number of nitrogens with zero attached hydrogens (tertiary/aromatic N) is 1. The van der Waals surface area contributed by atoms with Crippen LogP contribution in [-0.4, -0.2) is 24.5 Å². The first-order valence-corrected chi connectivity index (χ1v) is 7.69. The Morgan fingerprint density at radius 2 is 2.05 bits per heavy atom. The first kappa shape index (κ1) is 14.0. The van der Waals surface area contributed by atoms with Gasteiger partial charge in [0.25, 0.3) is 0 Å². The standard InChI is InChI=1S/C12H14ClN3O2S/c1-9-12(8-14-15-9)19(17,18)16-11(7-13)10-5-3-2-4-6-10/h2-6,8,11,16H,7H2,1H3,(H,14,15). The maximum absolute atomic E-state index is 12.2. The molecule has 0 saturated carbocycles. The van der Waals surface area contributed by atoms with Crippen LogP contribution in [0.2, 0.25) is 0 Å². The van der Waals surface area contributed by atoms with E-state index < -0.39 is 16.1 Å². The average Bonchev–Trinajstić information content (AvgIpc) is 2.84. The molecular weight excluding hydrogens is 286 g/mol. The molecule has 0 aliphatic rings. The van der Waals surface area contributed by atoms with Gasteiger partial charge in [0.1, 0.15) is 4.90 Å². The second-order valence-electron chi connectivity index (χ2n) is 4.10. The summed E-state index contributed by atoms with van der Waals surface area (Å²) in [6.07, 6.45) is 1.29. The summed E-state index contributed by atoms with van der Waals surface area (Å²) in [6, 6.07) is 8.74. The molecule has 2 N–H and O–H groups in total. The van der Waals surface area contributed by atoms with Crippen molar-refractivity contribution in [2.24, 2.45) is 0 Å². The predicted octanol–water partition coefficient (Wildman–Crippen LogP) is 1.98. The molecule has 102 valence electrons. The van der Waals surface area contributed by atoms with E-state index in [0.29, 0.717) is 5.69 Å². The summed E-state index contributed by atoms with van der Waals surface area (Å²) in [6.45, 7) is 1.65. The van der Waals surface area contributed by atoms with Crippen molar-refractivity contribution in [3.8, 4) is 0 Å². The quantitative estimate of drug-likeness (QED) is 0.829. The molecule has 1 heterocycles. The summed E-state index contributed by atoms with van der Waals surface area (Å²) in [5.41, 5.74) is 1.32. The molecular formula is C12H14ClN3O2S. The molecule has 7 heteroatoms. The number of nitrogens with one attached hydrogen (secondary N) is 2. The lowest BCUT2D eigenvalue weighted by Crippen LogP contribution is -2.30. The van der Waals surface area contributed by atoms with Gasteiger partial charge in [0.05, 0.1) is 17.9 Å². The Bertz CT molecular complexity index is 640. The predicted molar refractivity (Wildman–Crippen MR) is 73.5 cm³/mol. The lowest BCUT2D eigenvalue weighted by atomic mass is 10.1. The Hall–Kier alpha value is -1.37. The van der Waals surface area contributed by atoms with Crippen molar-refractivity contribution >= 4 is 21.6 Å². The molecule has 0 fully saturated rings. The summed E-state index contributed by atoms with van der Waals surface area (Å²) in [5, 5.41) is 6.32. The minimum absolute atomic E-state index is 0.138. The van der Waals surface area contributed by atoms with Crippen LogP contribution in [-0.2, 0) is 10.0 Å². The second kappa shape index (κ2) is 5.73. The second-order valence-corrected chi connectivity index (χ2v) is 6.09. The zero-order valence-corrected chi connectivity index (χ0v) is 11.9. The summed E-state index contributed by atoms with van der Waals surface area (Å²) in [5.74, 6) is 0.153. The minimum Gasteiger partial charge on any atom is -0.281 e. The van der Waals surface area contributed by atoms with Gasteiger partial charge in [-0.25, -0.2) is 13.1 Å². The zero-order valence-electron chi connectivity index (χ0n) is 10.3. The molecule has 2 rings (SSSR count). The molecule has 5 nitrogen and oxygen atoms in total. The fourth-order valence-corrected chi connectivity index (χ4v) is 3.44. The highest BCUT2D eigenvalue weighted by atomic mass is 35.5. The third kappa shape index (κ3) is 3.15. The molecule has 1 aromatic heterocycles. The SMILES string of the molecule is Cc1[nH]ncc1S(=O)(=O)NC(CCl)c1ccccc1. The van der Waals surface area contributed by atoms with E-state index in [-0.39, 0.29) is 10.8 Å². The van der Waals surface area contributed by atoms with Gasteiger partial charge in [-0.15, -0.1) is 11.6 Å². The minimum atomic E-state index is -3.64. The van der Waals surface area contributed by atoms with Crippen LogP contribution in [0.5, 0.6) is 0 Å². The van der Waals surface area contributed by atoms with Crippen LogP contribution in [0, 0.1) is 6.92 Å². The van der Waals surface area contributed by atoms with Gasteiger partial charge in [-0.2, -0.15) is 5.10 Å². The largest absolute Gasteiger partial charge is 0.281 e. The molecule has 0 aliphatic heterocycles. The molecule has 0 spiro atoms. The molecule has 1 atom stereocenters. The number of halogens is 1. The molecule has 0 radical (unpaired) electrons. The van der Waals surface area contributed by atoms with Crippen LogP contribution >= 0.6 is 11.6 Å². The van der Waals surface area contributed by atoms with Crippen molar-refractivity contribution in [1.29, 1.82) is 0 Å². The smallest absolute Gasteiger partial charge is 0.244 e. The zero-order chi connectivity index (χ0) is 13.9. The van der Waals surface area contributed by atoms with E-state index in [1.165, 1.54) is 6.20 Å². The number of alkyl halides is 1. The van der Waals surface area contributed by atoms with Gasteiger partial charge in [0.15, 0.2) is 0 Å². The van der Waals surface area contributed by atoms with Crippen molar-refractivity contribution in [1.82, 2.24) is 14.9 Å². The van der Waals surface area contributed by atoms with Gasteiger partial charge in [-0.3, -0.25) is 5.10 Å². The Kier molecular flexibility index (Phi) is 4.24. The number of H-pyrrole nitrogens is 1. The number of aryl methyl sites for hydroxylation is 1. The number of sulfonamides is 1. The van der Waals surface area contributed by atoms with E-state index >= 15 is 0 Å². The molecule has 19 heavy (non-hydrogen) atoms.